The molecule has 1 aliphatic heterocycles. The third-order valence-corrected chi connectivity index (χ3v) is 11.8. The summed E-state index contributed by atoms with van der Waals surface area (Å²) in [7, 11) is 5.09. The molecule has 1 N–H and O–H groups in total. The van der Waals surface area contributed by atoms with Gasteiger partial charge >= 0.3 is 5.97 Å². The van der Waals surface area contributed by atoms with Gasteiger partial charge in [-0.2, -0.15) is 5.10 Å². The third kappa shape index (κ3) is 8.11. The van der Waals surface area contributed by atoms with Gasteiger partial charge in [0.25, 0.3) is 0 Å². The first-order valence-electron chi connectivity index (χ1n) is 20.3. The molecule has 8 aromatic rings. The molecule has 1 saturated heterocycles. The van der Waals surface area contributed by atoms with E-state index in [4.69, 9.17) is 35.5 Å². The van der Waals surface area contributed by atoms with Crippen LogP contribution in [0.4, 0.5) is 10.2 Å². The van der Waals surface area contributed by atoms with E-state index in [-0.39, 0.29) is 18.8 Å². The molecule has 0 aliphatic carbocycles. The van der Waals surface area contributed by atoms with Crippen molar-refractivity contribution >= 4 is 61.2 Å². The van der Waals surface area contributed by atoms with E-state index >= 15 is 4.39 Å². The average Bonchev–Trinajstić information content (AvgIpc) is 3.70. The lowest BCUT2D eigenvalue weighted by Crippen LogP contribution is -2.45. The van der Waals surface area contributed by atoms with Crippen LogP contribution in [-0.4, -0.2) is 107 Å². The Morgan fingerprint density at radius 1 is 0.855 bits per heavy atom. The molecular weight excluding hydrogens is 811 g/mol. The maximum absolute atomic E-state index is 15.0. The zero-order chi connectivity index (χ0) is 42.7. The second-order valence-electron chi connectivity index (χ2n) is 15.2. The number of carbonyl (C=O) groups is 1. The molecule has 0 amide bonds. The fourth-order valence-corrected chi connectivity index (χ4v) is 8.49. The fourth-order valence-electron chi connectivity index (χ4n) is 8.17. The Balaban J connectivity index is 1.04. The fraction of sp³-hybridized carbons (Fsp3) is 0.255. The number of hydrogen-bond acceptors (Lipinski definition) is 12. The molecule has 4 heterocycles. The molecule has 1 aliphatic rings. The summed E-state index contributed by atoms with van der Waals surface area (Å²) in [5.41, 5.74) is 2.79. The van der Waals surface area contributed by atoms with Gasteiger partial charge in [-0.1, -0.05) is 48.0 Å². The highest BCUT2D eigenvalue weighted by molar-refractivity contribution is 6.43. The Bertz CT molecular complexity index is 2940. The van der Waals surface area contributed by atoms with Crippen molar-refractivity contribution in [3.63, 3.8) is 0 Å². The number of carbonyl (C=O) groups excluding carboxylic acids is 1. The minimum Gasteiger partial charge on any atom is -0.496 e. The van der Waals surface area contributed by atoms with Crippen LogP contribution in [0.1, 0.15) is 11.3 Å². The first kappa shape index (κ1) is 40.8. The lowest BCUT2D eigenvalue weighted by atomic mass is 9.95. The molecule has 3 aromatic heterocycles. The number of rotatable bonds is 14. The first-order chi connectivity index (χ1) is 30.3. The highest BCUT2D eigenvalue weighted by atomic mass is 35.5. The van der Waals surface area contributed by atoms with E-state index < -0.39 is 12.0 Å². The molecule has 13 nitrogen and oxygen atoms in total. The number of halogens is 2. The van der Waals surface area contributed by atoms with E-state index in [1.54, 1.807) is 30.0 Å². The molecule has 1 fully saturated rings. The Hall–Kier alpha value is -6.61. The Labute approximate surface area is 362 Å². The number of piperazine rings is 1. The highest BCUT2D eigenvalue weighted by Crippen LogP contribution is 2.45. The lowest BCUT2D eigenvalue weighted by Gasteiger charge is -2.32. The first-order valence-corrected chi connectivity index (χ1v) is 20.7. The quantitative estimate of drug-likeness (QED) is 0.0846. The van der Waals surface area contributed by atoms with Gasteiger partial charge in [0.05, 0.1) is 30.5 Å². The van der Waals surface area contributed by atoms with Crippen LogP contribution in [0.3, 0.4) is 0 Å². The molecular formula is C47H44ClFN8O5. The van der Waals surface area contributed by atoms with Crippen molar-refractivity contribution in [3.8, 4) is 28.6 Å². The average molecular weight is 855 g/mol. The zero-order valence-corrected chi connectivity index (χ0v) is 35.2. The molecule has 15 heteroatoms. The Morgan fingerprint density at radius 3 is 2.47 bits per heavy atom. The summed E-state index contributed by atoms with van der Waals surface area (Å²) in [5.74, 6) is 1.76. The number of nitrogens with zero attached hydrogens (tertiary/aromatic N) is 7. The summed E-state index contributed by atoms with van der Waals surface area (Å²) >= 11 is 7.23. The molecule has 5 aromatic carbocycles. The van der Waals surface area contributed by atoms with Gasteiger partial charge in [-0.25, -0.2) is 28.7 Å². The topological polar surface area (TPSA) is 128 Å². The minimum absolute atomic E-state index is 0.150. The standard InChI is InChI=1S/C47H44ClFN8O5/c1-55-18-20-56(21-19-55)22-23-61-40-15-14-34-41(43(40)48)35-25-30(49)12-13-32(35)36-26-57-44(42(34)36)46(51-28-52-57)54-37(47(58)60-3)24-29-8-4-6-10-38(29)62-27-31-16-17-50-45(53-31)33-9-5-7-11-39(33)59-2/h4-17,25-26,28,37H,18-24,27H2,1-3H3,(H,51,52,54)/t37-/m1/s1. The number of nitrogens with one attached hydrogen (secondary N) is 1. The van der Waals surface area contributed by atoms with Gasteiger partial charge in [-0.3, -0.25) is 4.90 Å². The second kappa shape index (κ2) is 17.8. The van der Waals surface area contributed by atoms with Crippen LogP contribution in [0, 0.1) is 5.82 Å². The summed E-state index contributed by atoms with van der Waals surface area (Å²) < 4.78 is 40.2. The van der Waals surface area contributed by atoms with Crippen LogP contribution in [-0.2, 0) is 22.6 Å². The van der Waals surface area contributed by atoms with E-state index in [1.807, 2.05) is 66.9 Å². The van der Waals surface area contributed by atoms with Crippen LogP contribution in [0.2, 0.25) is 5.02 Å². The summed E-state index contributed by atoms with van der Waals surface area (Å²) in [5, 5.41) is 12.7. The van der Waals surface area contributed by atoms with Crippen molar-refractivity contribution in [1.29, 1.82) is 0 Å². The molecule has 0 bridgehead atoms. The number of fused-ring (bicyclic) bond motifs is 8. The largest absolute Gasteiger partial charge is 0.496 e. The predicted molar refractivity (Wildman–Crippen MR) is 238 cm³/mol. The SMILES string of the molecule is COC(=O)[C@@H](Cc1ccccc1OCc1ccnc(-c2ccccc2OC)n1)Nc1ncnn2cc3c4ccc(F)cc4c4c(Cl)c(OCCN5CCN(C)CC5)ccc4c3c12. The number of ether oxygens (including phenoxy) is 4. The molecule has 316 valence electrons. The van der Waals surface area contributed by atoms with Crippen molar-refractivity contribution in [2.24, 2.45) is 0 Å². The molecule has 9 rings (SSSR count). The monoisotopic (exact) mass is 854 g/mol. The Morgan fingerprint density at radius 2 is 1.65 bits per heavy atom. The number of para-hydroxylation sites is 2. The van der Waals surface area contributed by atoms with Gasteiger partial charge in [0.2, 0.25) is 0 Å². The Kier molecular flexibility index (Phi) is 11.7. The second-order valence-corrected chi connectivity index (χ2v) is 15.6. The van der Waals surface area contributed by atoms with Gasteiger partial charge in [0.15, 0.2) is 11.6 Å². The van der Waals surface area contributed by atoms with E-state index in [0.717, 1.165) is 65.4 Å². The maximum Gasteiger partial charge on any atom is 0.328 e. The van der Waals surface area contributed by atoms with Crippen LogP contribution < -0.4 is 19.5 Å². The number of likely N-dealkylation sites (N-methyl/N-ethyl adjacent to an activating group) is 1. The van der Waals surface area contributed by atoms with Gasteiger partial charge in [0, 0.05) is 67.7 Å². The number of aromatic nitrogens is 5. The van der Waals surface area contributed by atoms with E-state index in [1.165, 1.54) is 25.6 Å². The van der Waals surface area contributed by atoms with Crippen molar-refractivity contribution in [1.82, 2.24) is 34.4 Å². The summed E-state index contributed by atoms with van der Waals surface area (Å²) in [4.78, 5) is 32.2. The van der Waals surface area contributed by atoms with E-state index in [0.29, 0.717) is 62.5 Å². The van der Waals surface area contributed by atoms with Crippen LogP contribution in [0.15, 0.2) is 104 Å². The van der Waals surface area contributed by atoms with Gasteiger partial charge in [0.1, 0.15) is 54.2 Å². The molecule has 62 heavy (non-hydrogen) atoms. The lowest BCUT2D eigenvalue weighted by molar-refractivity contribution is -0.141. The number of anilines is 1. The van der Waals surface area contributed by atoms with E-state index in [9.17, 15) is 4.79 Å². The van der Waals surface area contributed by atoms with E-state index in [2.05, 4.69) is 37.2 Å². The van der Waals surface area contributed by atoms with Crippen LogP contribution in [0.5, 0.6) is 17.2 Å². The number of esters is 1. The van der Waals surface area contributed by atoms with Crippen molar-refractivity contribution < 1.29 is 28.1 Å². The van der Waals surface area contributed by atoms with Crippen LogP contribution in [0.25, 0.3) is 49.2 Å². The molecule has 0 radical (unpaired) electrons. The normalized spacial score (nSPS) is 14.1. The summed E-state index contributed by atoms with van der Waals surface area (Å²) in [6.07, 6.45) is 5.18. The zero-order valence-electron chi connectivity index (χ0n) is 34.5. The number of benzene rings is 5. The molecule has 1 atom stereocenters. The highest BCUT2D eigenvalue weighted by Gasteiger charge is 2.26. The molecule has 0 saturated carbocycles. The van der Waals surface area contributed by atoms with Gasteiger partial charge < -0.3 is 29.2 Å². The third-order valence-electron chi connectivity index (χ3n) is 11.4. The number of methoxy groups -OCH3 is 2. The van der Waals surface area contributed by atoms with Crippen LogP contribution >= 0.6 is 11.6 Å². The van der Waals surface area contributed by atoms with Crippen molar-refractivity contribution in [2.45, 2.75) is 19.1 Å². The molecule has 0 spiro atoms. The predicted octanol–water partition coefficient (Wildman–Crippen LogP) is 7.85. The smallest absolute Gasteiger partial charge is 0.328 e. The van der Waals surface area contributed by atoms with Gasteiger partial charge in [-0.05, 0) is 77.3 Å². The van der Waals surface area contributed by atoms with Gasteiger partial charge in [-0.15, -0.1) is 0 Å². The summed E-state index contributed by atoms with van der Waals surface area (Å²) in [6.45, 7) is 5.33. The van der Waals surface area contributed by atoms with Crippen molar-refractivity contribution in [3.05, 3.63) is 126 Å². The molecule has 0 unspecified atom stereocenters. The maximum atomic E-state index is 15.0. The number of hydrogen-bond donors (Lipinski definition) is 1. The minimum atomic E-state index is -0.894. The van der Waals surface area contributed by atoms with Crippen molar-refractivity contribution in [2.75, 3.05) is 65.9 Å². The summed E-state index contributed by atoms with van der Waals surface area (Å²) in [6, 6.07) is 24.5.